The number of nitrogens with one attached hydrogen (secondary N) is 1. The smallest absolute Gasteiger partial charge is 0.387 e. The fourth-order valence-corrected chi connectivity index (χ4v) is 2.79. The SMILES string of the molecule is Cc1csc(=O)n1CCC(=O)NCc1ccccc1OC(F)F. The van der Waals surface area contributed by atoms with Crippen LogP contribution in [-0.4, -0.2) is 17.1 Å². The lowest BCUT2D eigenvalue weighted by atomic mass is 10.2. The third-order valence-corrected chi connectivity index (χ3v) is 4.08. The van der Waals surface area contributed by atoms with Crippen molar-refractivity contribution in [2.75, 3.05) is 0 Å². The van der Waals surface area contributed by atoms with Crippen LogP contribution in [0.4, 0.5) is 8.78 Å². The third kappa shape index (κ3) is 4.88. The monoisotopic (exact) mass is 342 g/mol. The molecular weight excluding hydrogens is 326 g/mol. The van der Waals surface area contributed by atoms with Gasteiger partial charge in [0, 0.05) is 36.1 Å². The number of rotatable bonds is 7. The number of hydrogen-bond acceptors (Lipinski definition) is 4. The molecule has 1 aromatic carbocycles. The molecule has 0 saturated carbocycles. The van der Waals surface area contributed by atoms with Crippen LogP contribution in [0.15, 0.2) is 34.4 Å². The molecule has 0 aliphatic heterocycles. The number of ether oxygens (including phenoxy) is 1. The summed E-state index contributed by atoms with van der Waals surface area (Å²) in [6, 6.07) is 6.27. The Hall–Kier alpha value is -2.22. The minimum Gasteiger partial charge on any atom is -0.434 e. The normalized spacial score (nSPS) is 10.8. The summed E-state index contributed by atoms with van der Waals surface area (Å²) >= 11 is 1.09. The molecule has 0 saturated heterocycles. The predicted octanol–water partition coefficient (Wildman–Crippen LogP) is 2.53. The molecule has 8 heteroatoms. The molecule has 0 spiro atoms. The van der Waals surface area contributed by atoms with Crippen molar-refractivity contribution in [1.82, 2.24) is 9.88 Å². The third-order valence-electron chi connectivity index (χ3n) is 3.20. The highest BCUT2D eigenvalue weighted by atomic mass is 32.1. The second-order valence-corrected chi connectivity index (χ2v) is 5.63. The summed E-state index contributed by atoms with van der Waals surface area (Å²) in [5, 5.41) is 4.37. The molecule has 0 aliphatic carbocycles. The molecule has 0 fully saturated rings. The van der Waals surface area contributed by atoms with Crippen LogP contribution in [0, 0.1) is 6.92 Å². The lowest BCUT2D eigenvalue weighted by molar-refractivity contribution is -0.121. The highest BCUT2D eigenvalue weighted by Gasteiger charge is 2.11. The number of benzene rings is 1. The highest BCUT2D eigenvalue weighted by Crippen LogP contribution is 2.19. The molecule has 0 bridgehead atoms. The van der Waals surface area contributed by atoms with Crippen LogP contribution in [0.1, 0.15) is 17.7 Å². The lowest BCUT2D eigenvalue weighted by Crippen LogP contribution is -2.26. The molecular formula is C15H16F2N2O3S. The second-order valence-electron chi connectivity index (χ2n) is 4.81. The Balaban J connectivity index is 1.89. The molecule has 5 nitrogen and oxygen atoms in total. The number of carbonyl (C=O) groups is 1. The van der Waals surface area contributed by atoms with Gasteiger partial charge in [0.15, 0.2) is 0 Å². The summed E-state index contributed by atoms with van der Waals surface area (Å²) in [4.78, 5) is 23.3. The van der Waals surface area contributed by atoms with Crippen molar-refractivity contribution in [3.05, 3.63) is 50.6 Å². The maximum Gasteiger partial charge on any atom is 0.387 e. The molecule has 0 atom stereocenters. The molecule has 0 radical (unpaired) electrons. The van der Waals surface area contributed by atoms with Crippen LogP contribution in [0.2, 0.25) is 0 Å². The number of halogens is 2. The molecule has 1 heterocycles. The van der Waals surface area contributed by atoms with E-state index in [1.807, 2.05) is 0 Å². The summed E-state index contributed by atoms with van der Waals surface area (Å²) in [5.41, 5.74) is 1.27. The van der Waals surface area contributed by atoms with Gasteiger partial charge < -0.3 is 14.6 Å². The van der Waals surface area contributed by atoms with Gasteiger partial charge in [-0.15, -0.1) is 0 Å². The minimum atomic E-state index is -2.92. The lowest BCUT2D eigenvalue weighted by Gasteiger charge is -2.11. The van der Waals surface area contributed by atoms with Crippen LogP contribution in [-0.2, 0) is 17.9 Å². The standard InChI is InChI=1S/C15H16F2N2O3S/c1-10-9-23-15(21)19(10)7-6-13(20)18-8-11-4-2-3-5-12(11)22-14(16)17/h2-5,9,14H,6-8H2,1H3,(H,18,20). The number of hydrogen-bond donors (Lipinski definition) is 1. The van der Waals surface area contributed by atoms with Gasteiger partial charge in [0.2, 0.25) is 5.91 Å². The second kappa shape index (κ2) is 7.87. The van der Waals surface area contributed by atoms with E-state index in [9.17, 15) is 18.4 Å². The Labute approximate surface area is 135 Å². The van der Waals surface area contributed by atoms with Crippen LogP contribution in [0.5, 0.6) is 5.75 Å². The van der Waals surface area contributed by atoms with Gasteiger partial charge in [0.05, 0.1) is 0 Å². The van der Waals surface area contributed by atoms with Crippen molar-refractivity contribution in [1.29, 1.82) is 0 Å². The summed E-state index contributed by atoms with van der Waals surface area (Å²) < 4.78 is 30.5. The zero-order valence-corrected chi connectivity index (χ0v) is 13.2. The first-order chi connectivity index (χ1) is 11.0. The van der Waals surface area contributed by atoms with Gasteiger partial charge in [-0.2, -0.15) is 8.78 Å². The molecule has 1 N–H and O–H groups in total. The molecule has 23 heavy (non-hydrogen) atoms. The van der Waals surface area contributed by atoms with Crippen LogP contribution in [0.3, 0.4) is 0 Å². The van der Waals surface area contributed by atoms with Gasteiger partial charge in [0.25, 0.3) is 0 Å². The van der Waals surface area contributed by atoms with Gasteiger partial charge in [-0.1, -0.05) is 29.5 Å². The Morgan fingerprint density at radius 2 is 2.13 bits per heavy atom. The van der Waals surface area contributed by atoms with Gasteiger partial charge in [0.1, 0.15) is 5.75 Å². The Morgan fingerprint density at radius 1 is 1.39 bits per heavy atom. The number of para-hydroxylation sites is 1. The average Bonchev–Trinajstić information content (AvgIpc) is 2.82. The molecule has 0 unspecified atom stereocenters. The number of aryl methyl sites for hydroxylation is 1. The zero-order chi connectivity index (χ0) is 16.8. The summed E-state index contributed by atoms with van der Waals surface area (Å²) in [7, 11) is 0. The van der Waals surface area contributed by atoms with Crippen molar-refractivity contribution < 1.29 is 18.3 Å². The van der Waals surface area contributed by atoms with E-state index in [0.29, 0.717) is 5.56 Å². The Kier molecular flexibility index (Phi) is 5.86. The first kappa shape index (κ1) is 17.1. The predicted molar refractivity (Wildman–Crippen MR) is 82.9 cm³/mol. The summed E-state index contributed by atoms with van der Waals surface area (Å²) in [6.45, 7) is -0.748. The Morgan fingerprint density at radius 3 is 2.78 bits per heavy atom. The van der Waals surface area contributed by atoms with E-state index < -0.39 is 6.61 Å². The number of nitrogens with zero attached hydrogens (tertiary/aromatic N) is 1. The van der Waals surface area contributed by atoms with E-state index in [-0.39, 0.29) is 36.0 Å². The number of amides is 1. The molecule has 124 valence electrons. The fraction of sp³-hybridized carbons (Fsp3) is 0.333. The largest absolute Gasteiger partial charge is 0.434 e. The molecule has 1 aromatic heterocycles. The topological polar surface area (TPSA) is 60.3 Å². The van der Waals surface area contributed by atoms with Gasteiger partial charge in [-0.3, -0.25) is 9.59 Å². The van der Waals surface area contributed by atoms with E-state index in [4.69, 9.17) is 0 Å². The van der Waals surface area contributed by atoms with Gasteiger partial charge >= 0.3 is 11.5 Å². The maximum absolute atomic E-state index is 12.3. The number of carbonyl (C=O) groups excluding carboxylic acids is 1. The van der Waals surface area contributed by atoms with Crippen molar-refractivity contribution in [3.63, 3.8) is 0 Å². The first-order valence-electron chi connectivity index (χ1n) is 6.91. The number of alkyl halides is 2. The molecule has 2 aromatic rings. The molecule has 0 aliphatic rings. The van der Waals surface area contributed by atoms with E-state index >= 15 is 0 Å². The van der Waals surface area contributed by atoms with Gasteiger partial charge in [-0.25, -0.2) is 0 Å². The van der Waals surface area contributed by atoms with E-state index in [2.05, 4.69) is 10.1 Å². The van der Waals surface area contributed by atoms with Gasteiger partial charge in [-0.05, 0) is 13.0 Å². The average molecular weight is 342 g/mol. The van der Waals surface area contributed by atoms with Crippen LogP contribution < -0.4 is 14.9 Å². The minimum absolute atomic E-state index is 0.0349. The number of thiazole rings is 1. The summed E-state index contributed by atoms with van der Waals surface area (Å²) in [6.07, 6.45) is 0.134. The van der Waals surface area contributed by atoms with Crippen molar-refractivity contribution in [2.45, 2.75) is 33.0 Å². The van der Waals surface area contributed by atoms with Crippen LogP contribution in [0.25, 0.3) is 0 Å². The van der Waals surface area contributed by atoms with E-state index in [1.54, 1.807) is 30.5 Å². The Bertz CT molecular complexity index is 728. The number of aromatic nitrogens is 1. The molecule has 1 amide bonds. The highest BCUT2D eigenvalue weighted by molar-refractivity contribution is 7.07. The van der Waals surface area contributed by atoms with Crippen molar-refractivity contribution in [3.8, 4) is 5.75 Å². The quantitative estimate of drug-likeness (QED) is 0.841. The maximum atomic E-state index is 12.3. The van der Waals surface area contributed by atoms with Crippen LogP contribution >= 0.6 is 11.3 Å². The van der Waals surface area contributed by atoms with Crippen molar-refractivity contribution >= 4 is 17.2 Å². The van der Waals surface area contributed by atoms with Crippen molar-refractivity contribution in [2.24, 2.45) is 0 Å². The molecule has 2 rings (SSSR count). The first-order valence-corrected chi connectivity index (χ1v) is 7.79. The summed E-state index contributed by atoms with van der Waals surface area (Å²) in [5.74, 6) is -0.234. The van der Waals surface area contributed by atoms with E-state index in [1.165, 1.54) is 10.6 Å². The zero-order valence-electron chi connectivity index (χ0n) is 12.4. The van der Waals surface area contributed by atoms with E-state index in [0.717, 1.165) is 17.0 Å². The fourth-order valence-electron chi connectivity index (χ4n) is 2.03.